The van der Waals surface area contributed by atoms with E-state index in [0.717, 1.165) is 10.5 Å². The number of para-hydroxylation sites is 2. The summed E-state index contributed by atoms with van der Waals surface area (Å²) in [5.74, 6) is -0.0592. The fraction of sp³-hybridized carbons (Fsp3) is 0.214. The van der Waals surface area contributed by atoms with Gasteiger partial charge in [0.15, 0.2) is 6.10 Å². The van der Waals surface area contributed by atoms with Gasteiger partial charge in [0.1, 0.15) is 24.2 Å². The highest BCUT2D eigenvalue weighted by Gasteiger charge is 2.31. The fourth-order valence-electron chi connectivity index (χ4n) is 3.53. The van der Waals surface area contributed by atoms with E-state index in [-0.39, 0.29) is 13.2 Å². The molecule has 0 saturated carbocycles. The number of carboxylic acid groups (broad SMARTS) is 1. The normalized spacial score (nSPS) is 12.5. The van der Waals surface area contributed by atoms with Crippen LogP contribution in [0.15, 0.2) is 95.5 Å². The number of ether oxygens (including phenoxy) is 3. The quantitative estimate of drug-likeness (QED) is 0.217. The van der Waals surface area contributed by atoms with Gasteiger partial charge in [-0.05, 0) is 55.3 Å². The molecule has 0 heterocycles. The molecule has 0 spiro atoms. The summed E-state index contributed by atoms with van der Waals surface area (Å²) in [5, 5.41) is 21.0. The average Bonchev–Trinajstić information content (AvgIpc) is 2.90. The van der Waals surface area contributed by atoms with Gasteiger partial charge in [0.05, 0.1) is 6.61 Å². The van der Waals surface area contributed by atoms with Crippen LogP contribution in [0, 0.1) is 0 Å². The number of amides is 1. The molecular formula is C28H28BrNO7. The van der Waals surface area contributed by atoms with Crippen LogP contribution < -0.4 is 14.8 Å². The fourth-order valence-corrected chi connectivity index (χ4v) is 3.79. The third kappa shape index (κ3) is 9.29. The Labute approximate surface area is 223 Å². The monoisotopic (exact) mass is 569 g/mol. The van der Waals surface area contributed by atoms with Crippen LogP contribution in [-0.4, -0.2) is 41.6 Å². The van der Waals surface area contributed by atoms with Crippen molar-refractivity contribution in [1.29, 1.82) is 0 Å². The van der Waals surface area contributed by atoms with Crippen molar-refractivity contribution in [2.45, 2.75) is 25.0 Å². The molecule has 37 heavy (non-hydrogen) atoms. The largest absolute Gasteiger partial charge is 0.491 e. The van der Waals surface area contributed by atoms with Crippen LogP contribution in [0.4, 0.5) is 10.5 Å². The SMILES string of the molecule is O=C(O)/C=C/CC[C@@H](Oc1ccccc1)[C@H](OC(=O)Nc1ccc(Br)cc1)c1ccccc1OCCO. The predicted octanol–water partition coefficient (Wildman–Crippen LogP) is 5.98. The molecule has 3 aromatic carbocycles. The Morgan fingerprint density at radius 2 is 1.68 bits per heavy atom. The maximum absolute atomic E-state index is 13.0. The second kappa shape index (κ2) is 14.7. The highest BCUT2D eigenvalue weighted by Crippen LogP contribution is 2.34. The van der Waals surface area contributed by atoms with E-state index in [9.17, 15) is 14.7 Å². The van der Waals surface area contributed by atoms with E-state index in [1.54, 1.807) is 60.7 Å². The highest BCUT2D eigenvalue weighted by molar-refractivity contribution is 9.10. The first-order valence-corrected chi connectivity index (χ1v) is 12.4. The van der Waals surface area contributed by atoms with Gasteiger partial charge in [-0.15, -0.1) is 0 Å². The molecule has 0 unspecified atom stereocenters. The standard InChI is InChI=1S/C28H28BrNO7/c29-20-14-16-21(17-15-20)30-28(34)37-27(23-10-4-5-11-24(23)35-19-18-31)25(12-6-7-13-26(32)33)36-22-8-2-1-3-9-22/h1-5,7-11,13-17,25,27,31H,6,12,18-19H2,(H,30,34)(H,32,33)/b13-7+/t25-,27-/m1/s1. The van der Waals surface area contributed by atoms with Crippen LogP contribution in [-0.2, 0) is 9.53 Å². The average molecular weight is 570 g/mol. The third-order valence-electron chi connectivity index (χ3n) is 5.15. The minimum atomic E-state index is -1.05. The maximum atomic E-state index is 13.0. The summed E-state index contributed by atoms with van der Waals surface area (Å²) in [4.78, 5) is 23.9. The van der Waals surface area contributed by atoms with E-state index in [0.29, 0.717) is 35.6 Å². The number of carbonyl (C=O) groups excluding carboxylic acids is 1. The van der Waals surface area contributed by atoms with Gasteiger partial charge < -0.3 is 24.4 Å². The summed E-state index contributed by atoms with van der Waals surface area (Å²) in [7, 11) is 0. The van der Waals surface area contributed by atoms with Crippen LogP contribution in [0.3, 0.4) is 0 Å². The number of carbonyl (C=O) groups is 2. The molecule has 0 radical (unpaired) electrons. The molecule has 0 aliphatic rings. The van der Waals surface area contributed by atoms with Gasteiger partial charge in [-0.1, -0.05) is 58.4 Å². The van der Waals surface area contributed by atoms with E-state index in [1.165, 1.54) is 6.08 Å². The summed E-state index contributed by atoms with van der Waals surface area (Å²) in [6.45, 7) is -0.131. The van der Waals surface area contributed by atoms with Crippen LogP contribution in [0.5, 0.6) is 11.5 Å². The van der Waals surface area contributed by atoms with Crippen molar-refractivity contribution in [2.75, 3.05) is 18.5 Å². The Kier molecular flexibility index (Phi) is 11.0. The van der Waals surface area contributed by atoms with Crippen molar-refractivity contribution < 1.29 is 34.0 Å². The molecule has 0 aromatic heterocycles. The number of aliphatic hydroxyl groups is 1. The maximum Gasteiger partial charge on any atom is 0.412 e. The molecule has 1 amide bonds. The lowest BCUT2D eigenvalue weighted by Crippen LogP contribution is -2.31. The zero-order valence-corrected chi connectivity index (χ0v) is 21.5. The number of aliphatic carboxylic acids is 1. The number of anilines is 1. The van der Waals surface area contributed by atoms with Crippen LogP contribution in [0.25, 0.3) is 0 Å². The molecule has 3 aromatic rings. The van der Waals surface area contributed by atoms with Gasteiger partial charge in [0.25, 0.3) is 0 Å². The molecule has 2 atom stereocenters. The first kappa shape index (κ1) is 27.8. The number of halogens is 1. The first-order valence-electron chi connectivity index (χ1n) is 11.6. The molecule has 9 heteroatoms. The molecule has 0 aliphatic heterocycles. The second-order valence-electron chi connectivity index (χ2n) is 7.86. The van der Waals surface area contributed by atoms with Crippen molar-refractivity contribution in [3.8, 4) is 11.5 Å². The summed E-state index contributed by atoms with van der Waals surface area (Å²) in [6, 6.07) is 23.2. The van der Waals surface area contributed by atoms with Crippen molar-refractivity contribution >= 4 is 33.7 Å². The van der Waals surface area contributed by atoms with Crippen molar-refractivity contribution in [2.24, 2.45) is 0 Å². The topological polar surface area (TPSA) is 114 Å². The van der Waals surface area contributed by atoms with Crippen molar-refractivity contribution in [3.05, 3.63) is 101 Å². The predicted molar refractivity (Wildman–Crippen MR) is 143 cm³/mol. The molecule has 0 fully saturated rings. The molecular weight excluding hydrogens is 542 g/mol. The summed E-state index contributed by atoms with van der Waals surface area (Å²) >= 11 is 3.37. The van der Waals surface area contributed by atoms with E-state index in [2.05, 4.69) is 21.2 Å². The Balaban J connectivity index is 1.94. The number of nitrogens with one attached hydrogen (secondary N) is 1. The zero-order chi connectivity index (χ0) is 26.5. The number of benzene rings is 3. The van der Waals surface area contributed by atoms with Gasteiger partial charge in [-0.25, -0.2) is 9.59 Å². The Morgan fingerprint density at radius 1 is 0.973 bits per heavy atom. The lowest BCUT2D eigenvalue weighted by molar-refractivity contribution is -0.131. The third-order valence-corrected chi connectivity index (χ3v) is 5.67. The Hall–Kier alpha value is -3.82. The van der Waals surface area contributed by atoms with E-state index in [4.69, 9.17) is 19.3 Å². The van der Waals surface area contributed by atoms with Gasteiger partial charge in [0, 0.05) is 21.8 Å². The molecule has 0 aliphatic carbocycles. The smallest absolute Gasteiger partial charge is 0.412 e. The van der Waals surface area contributed by atoms with E-state index < -0.39 is 24.3 Å². The van der Waals surface area contributed by atoms with Crippen LogP contribution >= 0.6 is 15.9 Å². The first-order chi connectivity index (χ1) is 18.0. The van der Waals surface area contributed by atoms with Gasteiger partial charge in [-0.2, -0.15) is 0 Å². The Bertz CT molecular complexity index is 1170. The summed E-state index contributed by atoms with van der Waals surface area (Å²) in [5.41, 5.74) is 1.09. The van der Waals surface area contributed by atoms with Gasteiger partial charge in [-0.3, -0.25) is 5.32 Å². The number of hydrogen-bond acceptors (Lipinski definition) is 6. The number of rotatable bonds is 13. The Morgan fingerprint density at radius 3 is 2.38 bits per heavy atom. The molecule has 194 valence electrons. The van der Waals surface area contributed by atoms with Crippen LogP contribution in [0.2, 0.25) is 0 Å². The van der Waals surface area contributed by atoms with Gasteiger partial charge in [0.2, 0.25) is 0 Å². The zero-order valence-electron chi connectivity index (χ0n) is 20.0. The molecule has 3 N–H and O–H groups in total. The van der Waals surface area contributed by atoms with E-state index in [1.807, 2.05) is 18.2 Å². The summed E-state index contributed by atoms with van der Waals surface area (Å²) < 4.78 is 18.8. The minimum Gasteiger partial charge on any atom is -0.491 e. The van der Waals surface area contributed by atoms with Crippen molar-refractivity contribution in [1.82, 2.24) is 0 Å². The van der Waals surface area contributed by atoms with Crippen molar-refractivity contribution in [3.63, 3.8) is 0 Å². The molecule has 0 bridgehead atoms. The lowest BCUT2D eigenvalue weighted by Gasteiger charge is -2.29. The number of aliphatic hydroxyl groups excluding tert-OH is 1. The minimum absolute atomic E-state index is 0.0559. The number of hydrogen-bond donors (Lipinski definition) is 3. The number of allylic oxidation sites excluding steroid dienone is 1. The van der Waals surface area contributed by atoms with E-state index >= 15 is 0 Å². The molecule has 3 rings (SSSR count). The highest BCUT2D eigenvalue weighted by atomic mass is 79.9. The summed E-state index contributed by atoms with van der Waals surface area (Å²) in [6.07, 6.45) is 0.956. The second-order valence-corrected chi connectivity index (χ2v) is 8.77. The van der Waals surface area contributed by atoms with Gasteiger partial charge >= 0.3 is 12.1 Å². The molecule has 0 saturated heterocycles. The molecule has 8 nitrogen and oxygen atoms in total. The lowest BCUT2D eigenvalue weighted by atomic mass is 9.99. The number of carboxylic acids is 1. The van der Waals surface area contributed by atoms with Crippen LogP contribution in [0.1, 0.15) is 24.5 Å².